The van der Waals surface area contributed by atoms with E-state index in [1.807, 2.05) is 22.7 Å². The summed E-state index contributed by atoms with van der Waals surface area (Å²) < 4.78 is 0. The van der Waals surface area contributed by atoms with Crippen LogP contribution in [0.1, 0.15) is 38.2 Å². The van der Waals surface area contributed by atoms with Crippen molar-refractivity contribution in [3.63, 3.8) is 0 Å². The van der Waals surface area contributed by atoms with E-state index in [1.165, 1.54) is 73.0 Å². The molecule has 0 atom stereocenters. The molecule has 3 aromatic carbocycles. The van der Waals surface area contributed by atoms with Gasteiger partial charge in [-0.1, -0.05) is 111 Å². The molecular formula is C32H30S2. The second kappa shape index (κ2) is 11.0. The number of aryl methyl sites for hydroxylation is 1. The fourth-order valence-electron chi connectivity index (χ4n) is 4.38. The molecule has 0 aliphatic heterocycles. The number of hydrogen-bond donors (Lipinski definition) is 0. The number of thiophene rings is 2. The van der Waals surface area contributed by atoms with Crippen LogP contribution in [0.4, 0.5) is 0 Å². The molecule has 0 radical (unpaired) electrons. The lowest BCUT2D eigenvalue weighted by Crippen LogP contribution is -1.86. The predicted octanol–water partition coefficient (Wildman–Crippen LogP) is 10.6. The maximum Gasteiger partial charge on any atom is 0.0381 e. The molecule has 0 aliphatic rings. The van der Waals surface area contributed by atoms with Gasteiger partial charge in [0.05, 0.1) is 0 Å². The van der Waals surface area contributed by atoms with E-state index in [-0.39, 0.29) is 0 Å². The molecule has 0 fully saturated rings. The average Bonchev–Trinajstić information content (AvgIpc) is 3.56. The van der Waals surface area contributed by atoms with E-state index in [4.69, 9.17) is 0 Å². The largest absolute Gasteiger partial charge is 0.135 e. The Morgan fingerprint density at radius 1 is 0.500 bits per heavy atom. The van der Waals surface area contributed by atoms with Crippen molar-refractivity contribution >= 4 is 22.7 Å². The number of unbranched alkanes of at least 4 members (excludes halogenated alkanes) is 3. The van der Waals surface area contributed by atoms with Gasteiger partial charge >= 0.3 is 0 Å². The quantitative estimate of drug-likeness (QED) is 0.185. The molecule has 2 heterocycles. The molecule has 0 aliphatic carbocycles. The molecule has 170 valence electrons. The van der Waals surface area contributed by atoms with Gasteiger partial charge in [0, 0.05) is 19.5 Å². The Balaban J connectivity index is 1.42. The van der Waals surface area contributed by atoms with Gasteiger partial charge in [-0.15, -0.1) is 22.7 Å². The topological polar surface area (TPSA) is 0 Å². The molecular weight excluding hydrogens is 448 g/mol. The van der Waals surface area contributed by atoms with Crippen LogP contribution in [-0.2, 0) is 6.42 Å². The van der Waals surface area contributed by atoms with Gasteiger partial charge in [-0.25, -0.2) is 0 Å². The molecule has 5 aromatic rings. The standard InChI is InChI=1S/C32H30S2/c1-2-3-4-7-16-28-23-31(25-14-10-6-11-15-25)34-32(28)27-19-17-26(18-20-27)30-22-21-29(33-30)24-12-8-5-9-13-24/h5-6,8-15,17-23H,2-4,7,16H2,1H3. The molecule has 0 spiro atoms. The molecule has 34 heavy (non-hydrogen) atoms. The lowest BCUT2D eigenvalue weighted by atomic mass is 10.0. The van der Waals surface area contributed by atoms with E-state index in [0.29, 0.717) is 0 Å². The van der Waals surface area contributed by atoms with Gasteiger partial charge in [0.25, 0.3) is 0 Å². The van der Waals surface area contributed by atoms with E-state index in [9.17, 15) is 0 Å². The minimum Gasteiger partial charge on any atom is -0.135 e. The Hall–Kier alpha value is -2.94. The first-order chi connectivity index (χ1) is 16.8. The van der Waals surface area contributed by atoms with Gasteiger partial charge in [-0.2, -0.15) is 0 Å². The van der Waals surface area contributed by atoms with Crippen molar-refractivity contribution in [3.8, 4) is 41.8 Å². The molecule has 2 aromatic heterocycles. The first kappa shape index (κ1) is 22.8. The zero-order chi connectivity index (χ0) is 23.2. The SMILES string of the molecule is CCCCCCc1cc(-c2ccccc2)sc1-c1ccc(-c2ccc(-c3ccccc3)s2)cc1. The van der Waals surface area contributed by atoms with Crippen LogP contribution in [0.3, 0.4) is 0 Å². The molecule has 2 heteroatoms. The van der Waals surface area contributed by atoms with E-state index >= 15 is 0 Å². The number of hydrogen-bond acceptors (Lipinski definition) is 2. The zero-order valence-corrected chi connectivity index (χ0v) is 21.3. The van der Waals surface area contributed by atoms with Crippen molar-refractivity contribution in [2.75, 3.05) is 0 Å². The summed E-state index contributed by atoms with van der Waals surface area (Å²) in [6.07, 6.45) is 6.34. The van der Waals surface area contributed by atoms with Crippen molar-refractivity contribution in [2.24, 2.45) is 0 Å². The minimum atomic E-state index is 1.16. The van der Waals surface area contributed by atoms with Crippen LogP contribution in [0, 0.1) is 0 Å². The third-order valence-electron chi connectivity index (χ3n) is 6.26. The Morgan fingerprint density at radius 2 is 1.06 bits per heavy atom. The predicted molar refractivity (Wildman–Crippen MR) is 152 cm³/mol. The molecule has 5 rings (SSSR count). The van der Waals surface area contributed by atoms with Crippen molar-refractivity contribution in [1.29, 1.82) is 0 Å². The molecule has 0 amide bonds. The van der Waals surface area contributed by atoms with E-state index in [1.54, 1.807) is 0 Å². The Bertz CT molecular complexity index is 1310. The van der Waals surface area contributed by atoms with Gasteiger partial charge in [0.15, 0.2) is 0 Å². The van der Waals surface area contributed by atoms with Crippen molar-refractivity contribution in [3.05, 3.63) is 109 Å². The molecule has 0 saturated carbocycles. The summed E-state index contributed by atoms with van der Waals surface area (Å²) in [5, 5.41) is 0. The summed E-state index contributed by atoms with van der Waals surface area (Å²) in [5.41, 5.74) is 6.73. The van der Waals surface area contributed by atoms with E-state index < -0.39 is 0 Å². The summed E-state index contributed by atoms with van der Waals surface area (Å²) in [6, 6.07) is 37.6. The summed E-state index contributed by atoms with van der Waals surface area (Å²) in [4.78, 5) is 5.44. The molecule has 0 nitrogen and oxygen atoms in total. The maximum absolute atomic E-state index is 2.43. The first-order valence-corrected chi connectivity index (χ1v) is 13.9. The number of benzene rings is 3. The monoisotopic (exact) mass is 478 g/mol. The lowest BCUT2D eigenvalue weighted by Gasteiger charge is -2.06. The Kier molecular flexibility index (Phi) is 7.38. The lowest BCUT2D eigenvalue weighted by molar-refractivity contribution is 0.668. The van der Waals surface area contributed by atoms with Gasteiger partial charge in [-0.3, -0.25) is 0 Å². The van der Waals surface area contributed by atoms with Gasteiger partial charge < -0.3 is 0 Å². The summed E-state index contributed by atoms with van der Waals surface area (Å²) in [7, 11) is 0. The normalized spacial score (nSPS) is 11.1. The number of rotatable bonds is 9. The fraction of sp³-hybridized carbons (Fsp3) is 0.188. The highest BCUT2D eigenvalue weighted by atomic mass is 32.1. The van der Waals surface area contributed by atoms with Gasteiger partial charge in [0.1, 0.15) is 0 Å². The Labute approximate surface area is 211 Å². The highest BCUT2D eigenvalue weighted by molar-refractivity contribution is 7.19. The fourth-order valence-corrected chi connectivity index (χ4v) is 6.62. The van der Waals surface area contributed by atoms with Crippen molar-refractivity contribution in [1.82, 2.24) is 0 Å². The first-order valence-electron chi connectivity index (χ1n) is 12.3. The van der Waals surface area contributed by atoms with Crippen LogP contribution < -0.4 is 0 Å². The smallest absolute Gasteiger partial charge is 0.0381 e. The Morgan fingerprint density at radius 3 is 1.68 bits per heavy atom. The highest BCUT2D eigenvalue weighted by Gasteiger charge is 2.13. The zero-order valence-electron chi connectivity index (χ0n) is 19.7. The van der Waals surface area contributed by atoms with Crippen LogP contribution in [0.15, 0.2) is 103 Å². The third kappa shape index (κ3) is 5.24. The summed E-state index contributed by atoms with van der Waals surface area (Å²) >= 11 is 3.80. The van der Waals surface area contributed by atoms with Crippen LogP contribution in [-0.4, -0.2) is 0 Å². The molecule has 0 bridgehead atoms. The van der Waals surface area contributed by atoms with Crippen molar-refractivity contribution < 1.29 is 0 Å². The van der Waals surface area contributed by atoms with Gasteiger partial charge in [-0.05, 0) is 58.9 Å². The maximum atomic E-state index is 2.43. The minimum absolute atomic E-state index is 1.16. The highest BCUT2D eigenvalue weighted by Crippen LogP contribution is 2.40. The summed E-state index contributed by atoms with van der Waals surface area (Å²) in [5.74, 6) is 0. The van der Waals surface area contributed by atoms with Gasteiger partial charge in [0.2, 0.25) is 0 Å². The van der Waals surface area contributed by atoms with Crippen LogP contribution in [0.25, 0.3) is 41.8 Å². The van der Waals surface area contributed by atoms with Crippen LogP contribution >= 0.6 is 22.7 Å². The van der Waals surface area contributed by atoms with Crippen LogP contribution in [0.2, 0.25) is 0 Å². The van der Waals surface area contributed by atoms with Crippen LogP contribution in [0.5, 0.6) is 0 Å². The van der Waals surface area contributed by atoms with Crippen molar-refractivity contribution in [2.45, 2.75) is 39.0 Å². The summed E-state index contributed by atoms with van der Waals surface area (Å²) in [6.45, 7) is 2.28. The van der Waals surface area contributed by atoms with E-state index in [0.717, 1.165) is 6.42 Å². The van der Waals surface area contributed by atoms with E-state index in [2.05, 4.69) is 110 Å². The third-order valence-corrected chi connectivity index (χ3v) is 8.72. The second-order valence-electron chi connectivity index (χ2n) is 8.75. The molecule has 0 unspecified atom stereocenters. The second-order valence-corrected chi connectivity index (χ2v) is 10.9. The molecule has 0 N–H and O–H groups in total. The average molecular weight is 479 g/mol. The molecule has 0 saturated heterocycles.